The van der Waals surface area contributed by atoms with Gasteiger partial charge in [-0.15, -0.1) is 6.58 Å². The van der Waals surface area contributed by atoms with Crippen molar-refractivity contribution in [1.82, 2.24) is 14.9 Å². The number of amides is 1. The number of aromatic nitrogens is 2. The van der Waals surface area contributed by atoms with Gasteiger partial charge in [-0.05, 0) is 62.8 Å². The Bertz CT molecular complexity index is 1100. The van der Waals surface area contributed by atoms with Crippen LogP contribution < -0.4 is 10.1 Å². The minimum absolute atomic E-state index is 0.0602. The summed E-state index contributed by atoms with van der Waals surface area (Å²) in [6, 6.07) is 16.5. The lowest BCUT2D eigenvalue weighted by molar-refractivity contribution is -0.117. The number of benzene rings is 2. The third-order valence-corrected chi connectivity index (χ3v) is 5.85. The Hall–Kier alpha value is -3.34. The number of carbonyl (C=O) groups excluding carboxylic acids is 1. The van der Waals surface area contributed by atoms with E-state index in [0.717, 1.165) is 68.6 Å². The summed E-state index contributed by atoms with van der Waals surface area (Å²) in [6.07, 6.45) is 8.75. The summed E-state index contributed by atoms with van der Waals surface area (Å²) in [5.74, 6) is 2.04. The maximum absolute atomic E-state index is 11.6. The van der Waals surface area contributed by atoms with Crippen LogP contribution in [-0.2, 0) is 24.2 Å². The fourth-order valence-electron chi connectivity index (χ4n) is 4.03. The highest BCUT2D eigenvalue weighted by Gasteiger charge is 2.10. The van der Waals surface area contributed by atoms with Crippen LogP contribution in [0.2, 0.25) is 0 Å². The number of nitrogens with zero attached hydrogens (tertiary/aromatic N) is 2. The molecule has 0 atom stereocenters. The van der Waals surface area contributed by atoms with Crippen molar-refractivity contribution in [2.24, 2.45) is 0 Å². The number of para-hydroxylation sites is 3. The largest absolute Gasteiger partial charge is 0.493 e. The SMILES string of the molecule is C=CCc1ccccc1OCCCCn1c(CCCCCNC(=O)C(=C)C)nc2ccccc21. The van der Waals surface area contributed by atoms with Crippen LogP contribution in [0.15, 0.2) is 73.3 Å². The molecule has 0 radical (unpaired) electrons. The molecule has 0 bridgehead atoms. The first kappa shape index (κ1) is 25.3. The average Bonchev–Trinajstić information content (AvgIpc) is 3.19. The van der Waals surface area contributed by atoms with Gasteiger partial charge in [0.1, 0.15) is 11.6 Å². The summed E-state index contributed by atoms with van der Waals surface area (Å²) >= 11 is 0. The van der Waals surface area contributed by atoms with E-state index in [9.17, 15) is 4.79 Å². The minimum atomic E-state index is -0.0602. The molecule has 1 aromatic heterocycles. The molecule has 5 heteroatoms. The van der Waals surface area contributed by atoms with Gasteiger partial charge in [0.2, 0.25) is 5.91 Å². The van der Waals surface area contributed by atoms with E-state index in [-0.39, 0.29) is 5.91 Å². The van der Waals surface area contributed by atoms with Crippen molar-refractivity contribution in [3.05, 3.63) is 84.7 Å². The van der Waals surface area contributed by atoms with Crippen LogP contribution in [0, 0.1) is 0 Å². The van der Waals surface area contributed by atoms with Crippen LogP contribution in [0.4, 0.5) is 0 Å². The highest BCUT2D eigenvalue weighted by Crippen LogP contribution is 2.21. The van der Waals surface area contributed by atoms with Gasteiger partial charge in [0.15, 0.2) is 0 Å². The molecule has 0 unspecified atom stereocenters. The highest BCUT2D eigenvalue weighted by atomic mass is 16.5. The molecule has 180 valence electrons. The van der Waals surface area contributed by atoms with Crippen molar-refractivity contribution in [3.8, 4) is 5.75 Å². The lowest BCUT2D eigenvalue weighted by Crippen LogP contribution is -2.24. The number of hydrogen-bond donors (Lipinski definition) is 1. The molecule has 34 heavy (non-hydrogen) atoms. The van der Waals surface area contributed by atoms with Gasteiger partial charge in [0.25, 0.3) is 0 Å². The highest BCUT2D eigenvalue weighted by molar-refractivity contribution is 5.92. The van der Waals surface area contributed by atoms with Crippen LogP contribution in [0.3, 0.4) is 0 Å². The second-order valence-corrected chi connectivity index (χ2v) is 8.67. The van der Waals surface area contributed by atoms with E-state index in [1.807, 2.05) is 30.3 Å². The number of carbonyl (C=O) groups is 1. The topological polar surface area (TPSA) is 56.1 Å². The van der Waals surface area contributed by atoms with Gasteiger partial charge < -0.3 is 14.6 Å². The van der Waals surface area contributed by atoms with Crippen LogP contribution in [0.1, 0.15) is 50.4 Å². The molecule has 2 aromatic carbocycles. The van der Waals surface area contributed by atoms with Crippen molar-refractivity contribution in [3.63, 3.8) is 0 Å². The maximum Gasteiger partial charge on any atom is 0.246 e. The molecule has 0 aliphatic carbocycles. The smallest absolute Gasteiger partial charge is 0.246 e. The van der Waals surface area contributed by atoms with Gasteiger partial charge in [-0.3, -0.25) is 4.79 Å². The fourth-order valence-corrected chi connectivity index (χ4v) is 4.03. The normalized spacial score (nSPS) is 10.9. The summed E-state index contributed by atoms with van der Waals surface area (Å²) in [6.45, 7) is 11.6. The third kappa shape index (κ3) is 7.34. The number of aryl methyl sites for hydroxylation is 2. The van der Waals surface area contributed by atoms with Gasteiger partial charge in [0.05, 0.1) is 17.6 Å². The number of hydrogen-bond acceptors (Lipinski definition) is 3. The van der Waals surface area contributed by atoms with Crippen molar-refractivity contribution in [2.75, 3.05) is 13.2 Å². The maximum atomic E-state index is 11.6. The summed E-state index contributed by atoms with van der Waals surface area (Å²) in [4.78, 5) is 16.5. The molecule has 0 saturated carbocycles. The Morgan fingerprint density at radius 2 is 1.85 bits per heavy atom. The van der Waals surface area contributed by atoms with Gasteiger partial charge >= 0.3 is 0 Å². The minimum Gasteiger partial charge on any atom is -0.493 e. The first-order valence-electron chi connectivity index (χ1n) is 12.3. The second-order valence-electron chi connectivity index (χ2n) is 8.67. The zero-order chi connectivity index (χ0) is 24.2. The fraction of sp³-hybridized carbons (Fsp3) is 0.379. The van der Waals surface area contributed by atoms with E-state index in [0.29, 0.717) is 18.7 Å². The quantitative estimate of drug-likeness (QED) is 0.172. The molecule has 3 rings (SSSR count). The van der Waals surface area contributed by atoms with E-state index >= 15 is 0 Å². The van der Waals surface area contributed by atoms with Gasteiger partial charge in [-0.1, -0.05) is 49.4 Å². The number of rotatable bonds is 15. The van der Waals surface area contributed by atoms with Crippen LogP contribution in [0.5, 0.6) is 5.75 Å². The predicted octanol–water partition coefficient (Wildman–Crippen LogP) is 6.03. The Kier molecular flexibility index (Phi) is 9.96. The molecule has 0 fully saturated rings. The standard InChI is InChI=1S/C29H37N3O2/c1-4-14-24-15-7-10-18-27(24)34-22-13-12-21-32-26-17-9-8-16-25(26)31-28(32)19-6-5-11-20-30-29(33)23(2)3/h4,7-10,15-18H,1-2,5-6,11-14,19-22H2,3H3,(H,30,33). The Balaban J connectivity index is 1.48. The first-order chi connectivity index (χ1) is 16.6. The molecular weight excluding hydrogens is 422 g/mol. The molecule has 0 aliphatic heterocycles. The lowest BCUT2D eigenvalue weighted by Gasteiger charge is -2.12. The van der Waals surface area contributed by atoms with Gasteiger partial charge in [-0.2, -0.15) is 0 Å². The van der Waals surface area contributed by atoms with E-state index in [1.54, 1.807) is 6.92 Å². The number of allylic oxidation sites excluding steroid dienone is 1. The molecule has 0 spiro atoms. The van der Waals surface area contributed by atoms with Crippen LogP contribution >= 0.6 is 0 Å². The number of ether oxygens (including phenoxy) is 1. The van der Waals surface area contributed by atoms with Gasteiger partial charge in [0, 0.05) is 25.1 Å². The van der Waals surface area contributed by atoms with E-state index in [4.69, 9.17) is 9.72 Å². The Morgan fingerprint density at radius 1 is 1.06 bits per heavy atom. The van der Waals surface area contributed by atoms with Crippen LogP contribution in [0.25, 0.3) is 11.0 Å². The zero-order valence-corrected chi connectivity index (χ0v) is 20.4. The number of nitrogens with one attached hydrogen (secondary N) is 1. The lowest BCUT2D eigenvalue weighted by atomic mass is 10.1. The van der Waals surface area contributed by atoms with Crippen molar-refractivity contribution < 1.29 is 9.53 Å². The Labute approximate surface area is 203 Å². The first-order valence-corrected chi connectivity index (χ1v) is 12.3. The Morgan fingerprint density at radius 3 is 2.68 bits per heavy atom. The number of imidazole rings is 1. The monoisotopic (exact) mass is 459 g/mol. The van der Waals surface area contributed by atoms with Crippen LogP contribution in [-0.4, -0.2) is 28.6 Å². The number of unbranched alkanes of at least 4 members (excludes halogenated alkanes) is 3. The number of fused-ring (bicyclic) bond motifs is 1. The van der Waals surface area contributed by atoms with Gasteiger partial charge in [-0.25, -0.2) is 4.98 Å². The molecule has 1 N–H and O–H groups in total. The molecular formula is C29H37N3O2. The summed E-state index contributed by atoms with van der Waals surface area (Å²) in [7, 11) is 0. The molecule has 0 aliphatic rings. The molecule has 5 nitrogen and oxygen atoms in total. The molecule has 3 aromatic rings. The zero-order valence-electron chi connectivity index (χ0n) is 20.4. The van der Waals surface area contributed by atoms with E-state index < -0.39 is 0 Å². The van der Waals surface area contributed by atoms with E-state index in [2.05, 4.69) is 47.3 Å². The summed E-state index contributed by atoms with van der Waals surface area (Å²) in [5.41, 5.74) is 3.99. The average molecular weight is 460 g/mol. The molecule has 1 amide bonds. The molecule has 0 saturated heterocycles. The van der Waals surface area contributed by atoms with Crippen molar-refractivity contribution in [2.45, 2.75) is 58.4 Å². The molecule has 1 heterocycles. The van der Waals surface area contributed by atoms with Crippen molar-refractivity contribution in [1.29, 1.82) is 0 Å². The summed E-state index contributed by atoms with van der Waals surface area (Å²) in [5, 5.41) is 2.90. The third-order valence-electron chi connectivity index (χ3n) is 5.85. The predicted molar refractivity (Wildman–Crippen MR) is 140 cm³/mol. The van der Waals surface area contributed by atoms with E-state index in [1.165, 1.54) is 11.1 Å². The second kappa shape index (κ2) is 13.4. The van der Waals surface area contributed by atoms with Crippen molar-refractivity contribution >= 4 is 16.9 Å². The summed E-state index contributed by atoms with van der Waals surface area (Å²) < 4.78 is 8.42.